The van der Waals surface area contributed by atoms with Gasteiger partial charge in [-0.3, -0.25) is 4.79 Å². The van der Waals surface area contributed by atoms with E-state index in [0.29, 0.717) is 138 Å². The number of Topliss-reactive ketones (excluding diaryl/α,β-unsaturated/α-hetero) is 1. The molecule has 0 saturated carbocycles. The zero-order valence-electron chi connectivity index (χ0n) is 28.7. The van der Waals surface area contributed by atoms with Crippen LogP contribution < -0.4 is 0 Å². The Labute approximate surface area is 288 Å². The Kier molecular flexibility index (Phi) is 31.9. The summed E-state index contributed by atoms with van der Waals surface area (Å²) in [5.74, 6) is -2.00. The van der Waals surface area contributed by atoms with Gasteiger partial charge in [-0.2, -0.15) is 0 Å². The number of methoxy groups -OCH3 is 1. The second-order valence-corrected chi connectivity index (χ2v) is 9.58. The van der Waals surface area contributed by atoms with Crippen LogP contribution in [-0.4, -0.2) is 177 Å². The molecular weight excluding hydrogens is 652 g/mol. The molecule has 0 aliphatic heterocycles. The molecular formula is C33H54O16. The highest BCUT2D eigenvalue weighted by molar-refractivity contribution is 6.40. The quantitative estimate of drug-likeness (QED) is 0.0411. The fourth-order valence-electron chi connectivity index (χ4n) is 3.38. The van der Waals surface area contributed by atoms with E-state index in [1.54, 1.807) is 30.3 Å². The number of hydrogen-bond acceptors (Lipinski definition) is 16. The van der Waals surface area contributed by atoms with E-state index in [1.165, 1.54) is 7.11 Å². The van der Waals surface area contributed by atoms with Gasteiger partial charge >= 0.3 is 11.9 Å². The first-order chi connectivity index (χ1) is 24.1. The summed E-state index contributed by atoms with van der Waals surface area (Å²) in [4.78, 5) is 34.5. The van der Waals surface area contributed by atoms with Crippen molar-refractivity contribution < 1.29 is 76.0 Å². The van der Waals surface area contributed by atoms with Gasteiger partial charge in [0.15, 0.2) is 0 Å². The summed E-state index contributed by atoms with van der Waals surface area (Å²) in [6.07, 6.45) is 0. The van der Waals surface area contributed by atoms with Crippen LogP contribution >= 0.6 is 0 Å². The Balaban J connectivity index is 1.66. The second-order valence-electron chi connectivity index (χ2n) is 9.58. The molecule has 0 atom stereocenters. The number of benzene rings is 1. The van der Waals surface area contributed by atoms with Gasteiger partial charge in [-0.15, -0.1) is 0 Å². The first-order valence-electron chi connectivity index (χ1n) is 16.3. The standard InChI is InChI=1S/C33H54O16/c1-37-31(34)29-48-26-25-46-22-21-44-18-17-42-14-13-40-10-9-38-7-8-39-11-12-41-15-16-43-19-20-45-23-24-47-27-28-49-33(36)32(35)30-5-3-2-4-6-30/h2-6H,7-29H2,1H3. The second kappa shape index (κ2) is 35.2. The SMILES string of the molecule is COC(=O)COCCOCCOCCOCCOCCOCCOCCOCCOCCOCCOCCOC(=O)C(=O)c1ccccc1. The summed E-state index contributed by atoms with van der Waals surface area (Å²) in [6.45, 7) is 8.81. The number of ether oxygens (including phenoxy) is 13. The Bertz CT molecular complexity index is 904. The fraction of sp³-hybridized carbons (Fsp3) is 0.727. The van der Waals surface area contributed by atoms with Crippen molar-refractivity contribution in [2.75, 3.05) is 159 Å². The molecule has 1 aromatic rings. The van der Waals surface area contributed by atoms with Gasteiger partial charge in [0.25, 0.3) is 5.78 Å². The van der Waals surface area contributed by atoms with Gasteiger partial charge in [-0.05, 0) is 0 Å². The molecule has 49 heavy (non-hydrogen) atoms. The third-order valence-electron chi connectivity index (χ3n) is 5.85. The average Bonchev–Trinajstić information content (AvgIpc) is 3.13. The lowest BCUT2D eigenvalue weighted by atomic mass is 10.1. The van der Waals surface area contributed by atoms with Gasteiger partial charge in [-0.25, -0.2) is 9.59 Å². The molecule has 0 radical (unpaired) electrons. The van der Waals surface area contributed by atoms with E-state index in [9.17, 15) is 14.4 Å². The van der Waals surface area contributed by atoms with E-state index in [1.807, 2.05) is 0 Å². The lowest BCUT2D eigenvalue weighted by Gasteiger charge is -2.09. The number of hydrogen-bond donors (Lipinski definition) is 0. The lowest BCUT2D eigenvalue weighted by Crippen LogP contribution is -2.20. The van der Waals surface area contributed by atoms with E-state index >= 15 is 0 Å². The molecule has 1 rings (SSSR count). The molecule has 0 bridgehead atoms. The molecule has 0 spiro atoms. The molecule has 282 valence electrons. The lowest BCUT2D eigenvalue weighted by molar-refractivity contribution is -0.146. The minimum Gasteiger partial charge on any atom is -0.467 e. The van der Waals surface area contributed by atoms with Crippen LogP contribution in [-0.2, 0) is 71.2 Å². The van der Waals surface area contributed by atoms with Gasteiger partial charge in [0.05, 0.1) is 146 Å². The van der Waals surface area contributed by atoms with E-state index in [0.717, 1.165) is 0 Å². The minimum atomic E-state index is -0.902. The van der Waals surface area contributed by atoms with Crippen LogP contribution in [0.4, 0.5) is 0 Å². The van der Waals surface area contributed by atoms with E-state index in [2.05, 4.69) is 4.74 Å². The third-order valence-corrected chi connectivity index (χ3v) is 5.85. The van der Waals surface area contributed by atoms with Crippen molar-refractivity contribution in [1.29, 1.82) is 0 Å². The summed E-state index contributed by atoms with van der Waals surface area (Å²) < 4.78 is 68.5. The van der Waals surface area contributed by atoms with Crippen LogP contribution in [0.15, 0.2) is 30.3 Å². The van der Waals surface area contributed by atoms with Crippen molar-refractivity contribution in [3.63, 3.8) is 0 Å². The van der Waals surface area contributed by atoms with Crippen LogP contribution in [0.2, 0.25) is 0 Å². The van der Waals surface area contributed by atoms with Crippen molar-refractivity contribution >= 4 is 17.7 Å². The summed E-state index contributed by atoms with van der Waals surface area (Å²) in [7, 11) is 1.31. The molecule has 0 amide bonds. The number of carbonyl (C=O) groups excluding carboxylic acids is 3. The largest absolute Gasteiger partial charge is 0.467 e. The molecule has 0 aliphatic carbocycles. The maximum atomic E-state index is 11.9. The maximum absolute atomic E-state index is 11.9. The average molecular weight is 707 g/mol. The third kappa shape index (κ3) is 30.0. The molecule has 0 aromatic heterocycles. The molecule has 0 fully saturated rings. The summed E-state index contributed by atoms with van der Waals surface area (Å²) >= 11 is 0. The van der Waals surface area contributed by atoms with Gasteiger partial charge < -0.3 is 61.6 Å². The van der Waals surface area contributed by atoms with Crippen LogP contribution in [0.25, 0.3) is 0 Å². The number of esters is 2. The topological polar surface area (TPSA) is 171 Å². The van der Waals surface area contributed by atoms with Crippen molar-refractivity contribution in [1.82, 2.24) is 0 Å². The molecule has 0 aliphatic rings. The van der Waals surface area contributed by atoms with Crippen LogP contribution in [0, 0.1) is 0 Å². The fourth-order valence-corrected chi connectivity index (χ4v) is 3.38. The van der Waals surface area contributed by atoms with Crippen molar-refractivity contribution in [3.05, 3.63) is 35.9 Å². The predicted octanol–water partition coefficient (Wildman–Crippen LogP) is 0.768. The van der Waals surface area contributed by atoms with Crippen LogP contribution in [0.1, 0.15) is 10.4 Å². The zero-order chi connectivity index (χ0) is 35.3. The highest BCUT2D eigenvalue weighted by atomic mass is 16.6. The van der Waals surface area contributed by atoms with E-state index < -0.39 is 17.7 Å². The number of carbonyl (C=O) groups is 3. The first-order valence-corrected chi connectivity index (χ1v) is 16.3. The molecule has 0 heterocycles. The predicted molar refractivity (Wildman–Crippen MR) is 173 cm³/mol. The summed E-state index contributed by atoms with van der Waals surface area (Å²) in [5, 5.41) is 0. The van der Waals surface area contributed by atoms with Crippen molar-refractivity contribution in [2.45, 2.75) is 0 Å². The van der Waals surface area contributed by atoms with Crippen LogP contribution in [0.5, 0.6) is 0 Å². The first kappa shape index (κ1) is 44.4. The number of rotatable bonds is 37. The summed E-state index contributed by atoms with van der Waals surface area (Å²) in [5.41, 5.74) is 0.291. The van der Waals surface area contributed by atoms with Crippen molar-refractivity contribution in [3.8, 4) is 0 Å². The van der Waals surface area contributed by atoms with Gasteiger partial charge in [0, 0.05) is 5.56 Å². The molecule has 0 unspecified atom stereocenters. The van der Waals surface area contributed by atoms with E-state index in [4.69, 9.17) is 56.8 Å². The van der Waals surface area contributed by atoms with Gasteiger partial charge in [0.2, 0.25) is 0 Å². The smallest absolute Gasteiger partial charge is 0.379 e. The molecule has 0 saturated heterocycles. The minimum absolute atomic E-state index is 0.00787. The molecule has 16 heteroatoms. The highest BCUT2D eigenvalue weighted by Gasteiger charge is 2.17. The Hall–Kier alpha value is -2.61. The normalized spacial score (nSPS) is 11.1. The Morgan fingerprint density at radius 2 is 0.694 bits per heavy atom. The molecule has 1 aromatic carbocycles. The van der Waals surface area contributed by atoms with E-state index in [-0.39, 0.29) is 19.8 Å². The van der Waals surface area contributed by atoms with Gasteiger partial charge in [-0.1, -0.05) is 30.3 Å². The zero-order valence-corrected chi connectivity index (χ0v) is 28.7. The Morgan fingerprint density at radius 1 is 0.408 bits per heavy atom. The number of ketones is 1. The van der Waals surface area contributed by atoms with Crippen molar-refractivity contribution in [2.24, 2.45) is 0 Å². The molecule has 0 N–H and O–H groups in total. The molecule has 16 nitrogen and oxygen atoms in total. The highest BCUT2D eigenvalue weighted by Crippen LogP contribution is 2.01. The summed E-state index contributed by atoms with van der Waals surface area (Å²) in [6, 6.07) is 8.24. The van der Waals surface area contributed by atoms with Gasteiger partial charge in [0.1, 0.15) is 13.2 Å². The monoisotopic (exact) mass is 706 g/mol. The van der Waals surface area contributed by atoms with Crippen LogP contribution in [0.3, 0.4) is 0 Å². The maximum Gasteiger partial charge on any atom is 0.379 e. The Morgan fingerprint density at radius 3 is 1.00 bits per heavy atom.